The third kappa shape index (κ3) is 4.00. The quantitative estimate of drug-likeness (QED) is 0.456. The van der Waals surface area contributed by atoms with Crippen LogP contribution in [-0.2, 0) is 0 Å². The highest BCUT2D eigenvalue weighted by atomic mass is 35.5. The van der Waals surface area contributed by atoms with Crippen LogP contribution in [0, 0.1) is 5.82 Å². The Balaban J connectivity index is 0.00000225. The number of fused-ring (bicyclic) bond motifs is 2. The third-order valence-electron chi connectivity index (χ3n) is 4.18. The van der Waals surface area contributed by atoms with Crippen LogP contribution in [0.1, 0.15) is 10.4 Å². The molecule has 9 heteroatoms. The van der Waals surface area contributed by atoms with Gasteiger partial charge in [-0.1, -0.05) is 17.4 Å². The fourth-order valence-corrected chi connectivity index (χ4v) is 4.47. The summed E-state index contributed by atoms with van der Waals surface area (Å²) in [5, 5.41) is 0.506. The first-order chi connectivity index (χ1) is 13.0. The molecule has 5 nitrogen and oxygen atoms in total. The predicted octanol–water partition coefficient (Wildman–Crippen LogP) is 4.68. The van der Waals surface area contributed by atoms with Crippen LogP contribution in [0.4, 0.5) is 9.52 Å². The van der Waals surface area contributed by atoms with Gasteiger partial charge in [0.05, 0.1) is 20.4 Å². The SMILES string of the molecule is CN(C)CCN(C(=O)c1ccc2ncsc2c1)c1nc2c(F)cccc2s1.Cl. The van der Waals surface area contributed by atoms with E-state index in [9.17, 15) is 9.18 Å². The largest absolute Gasteiger partial charge is 0.308 e. The van der Waals surface area contributed by atoms with E-state index >= 15 is 0 Å². The first-order valence-electron chi connectivity index (χ1n) is 8.38. The van der Waals surface area contributed by atoms with Crippen LogP contribution in [0.3, 0.4) is 0 Å². The lowest BCUT2D eigenvalue weighted by molar-refractivity contribution is 0.0985. The molecular weight excluding hydrogens is 419 g/mol. The lowest BCUT2D eigenvalue weighted by Crippen LogP contribution is -2.36. The Morgan fingerprint density at radius 3 is 2.71 bits per heavy atom. The van der Waals surface area contributed by atoms with E-state index in [1.807, 2.05) is 37.2 Å². The maximum absolute atomic E-state index is 14.1. The van der Waals surface area contributed by atoms with Crippen LogP contribution in [0.25, 0.3) is 20.4 Å². The summed E-state index contributed by atoms with van der Waals surface area (Å²) in [6.07, 6.45) is 0. The summed E-state index contributed by atoms with van der Waals surface area (Å²) in [6, 6.07) is 10.3. The van der Waals surface area contributed by atoms with Crippen molar-refractivity contribution >= 4 is 66.6 Å². The zero-order chi connectivity index (χ0) is 19.0. The van der Waals surface area contributed by atoms with E-state index in [1.165, 1.54) is 28.7 Å². The van der Waals surface area contributed by atoms with Crippen LogP contribution < -0.4 is 4.90 Å². The van der Waals surface area contributed by atoms with Crippen molar-refractivity contribution < 1.29 is 9.18 Å². The van der Waals surface area contributed by atoms with Crippen molar-refractivity contribution in [1.82, 2.24) is 14.9 Å². The van der Waals surface area contributed by atoms with E-state index in [1.54, 1.807) is 22.5 Å². The van der Waals surface area contributed by atoms with Gasteiger partial charge < -0.3 is 4.90 Å². The molecule has 28 heavy (non-hydrogen) atoms. The van der Waals surface area contributed by atoms with Crippen LogP contribution in [0.15, 0.2) is 41.9 Å². The Labute approximate surface area is 175 Å². The lowest BCUT2D eigenvalue weighted by atomic mass is 10.2. The van der Waals surface area contributed by atoms with Crippen LogP contribution >= 0.6 is 35.1 Å². The molecule has 0 aliphatic heterocycles. The fourth-order valence-electron chi connectivity index (χ4n) is 2.75. The Kier molecular flexibility index (Phi) is 6.24. The summed E-state index contributed by atoms with van der Waals surface area (Å²) < 4.78 is 15.8. The molecule has 0 radical (unpaired) electrons. The molecule has 2 aromatic carbocycles. The van der Waals surface area contributed by atoms with Crippen molar-refractivity contribution in [2.24, 2.45) is 0 Å². The van der Waals surface area contributed by atoms with Crippen LogP contribution in [-0.4, -0.2) is 48.0 Å². The summed E-state index contributed by atoms with van der Waals surface area (Å²) in [7, 11) is 3.90. The number of carbonyl (C=O) groups is 1. The molecule has 2 heterocycles. The van der Waals surface area contributed by atoms with E-state index in [2.05, 4.69) is 9.97 Å². The maximum Gasteiger partial charge on any atom is 0.260 e. The van der Waals surface area contributed by atoms with E-state index < -0.39 is 0 Å². The van der Waals surface area contributed by atoms with E-state index in [0.717, 1.165) is 14.9 Å². The van der Waals surface area contributed by atoms with Gasteiger partial charge >= 0.3 is 0 Å². The molecule has 146 valence electrons. The number of anilines is 1. The number of thiazole rings is 2. The number of benzene rings is 2. The molecule has 2 aromatic heterocycles. The van der Waals surface area contributed by atoms with Gasteiger partial charge in [0, 0.05) is 18.7 Å². The van der Waals surface area contributed by atoms with Crippen molar-refractivity contribution in [2.45, 2.75) is 0 Å². The van der Waals surface area contributed by atoms with Crippen molar-refractivity contribution in [3.05, 3.63) is 53.3 Å². The van der Waals surface area contributed by atoms with Crippen molar-refractivity contribution in [3.63, 3.8) is 0 Å². The van der Waals surface area contributed by atoms with Gasteiger partial charge in [0.2, 0.25) is 0 Å². The number of hydrogen-bond acceptors (Lipinski definition) is 6. The van der Waals surface area contributed by atoms with Crippen LogP contribution in [0.2, 0.25) is 0 Å². The lowest BCUT2D eigenvalue weighted by Gasteiger charge is -2.22. The second-order valence-corrected chi connectivity index (χ2v) is 8.27. The Bertz CT molecular complexity index is 1130. The molecule has 0 N–H and O–H groups in total. The zero-order valence-corrected chi connectivity index (χ0v) is 17.7. The number of likely N-dealkylation sites (N-methyl/N-ethyl adjacent to an activating group) is 1. The van der Waals surface area contributed by atoms with Crippen LogP contribution in [0.5, 0.6) is 0 Å². The van der Waals surface area contributed by atoms with Gasteiger partial charge in [0.25, 0.3) is 5.91 Å². The number of hydrogen-bond donors (Lipinski definition) is 0. The molecule has 1 amide bonds. The standard InChI is InChI=1S/C19H17FN4OS2.ClH/c1-23(2)8-9-24(19-22-17-13(20)4-3-5-15(17)27-19)18(25)12-6-7-14-16(10-12)26-11-21-14;/h3-7,10-11H,8-9H2,1-2H3;1H. The molecule has 0 saturated heterocycles. The third-order valence-corrected chi connectivity index (χ3v) is 6.02. The van der Waals surface area contributed by atoms with Gasteiger partial charge in [-0.25, -0.2) is 14.4 Å². The number of nitrogens with zero attached hydrogens (tertiary/aromatic N) is 4. The van der Waals surface area contributed by atoms with Gasteiger partial charge in [-0.2, -0.15) is 0 Å². The van der Waals surface area contributed by atoms with Crippen molar-refractivity contribution in [3.8, 4) is 0 Å². The average molecular weight is 437 g/mol. The molecular formula is C19H18ClFN4OS2. The van der Waals surface area contributed by atoms with Crippen molar-refractivity contribution in [2.75, 3.05) is 32.1 Å². The zero-order valence-electron chi connectivity index (χ0n) is 15.3. The van der Waals surface area contributed by atoms with E-state index in [0.29, 0.717) is 29.3 Å². The second kappa shape index (κ2) is 8.48. The number of aromatic nitrogens is 2. The monoisotopic (exact) mass is 436 g/mol. The predicted molar refractivity (Wildman–Crippen MR) is 117 cm³/mol. The molecule has 0 atom stereocenters. The van der Waals surface area contributed by atoms with Gasteiger partial charge in [-0.05, 0) is 44.4 Å². The van der Waals surface area contributed by atoms with Gasteiger partial charge in [0.1, 0.15) is 11.3 Å². The molecule has 0 saturated carbocycles. The summed E-state index contributed by atoms with van der Waals surface area (Å²) >= 11 is 2.82. The molecule has 4 rings (SSSR count). The average Bonchev–Trinajstić information content (AvgIpc) is 3.28. The fraction of sp³-hybridized carbons (Fsp3) is 0.211. The Morgan fingerprint density at radius 2 is 1.96 bits per heavy atom. The molecule has 0 spiro atoms. The number of carbonyl (C=O) groups excluding carboxylic acids is 1. The molecule has 0 aliphatic carbocycles. The molecule has 0 fully saturated rings. The summed E-state index contributed by atoms with van der Waals surface area (Å²) in [5.74, 6) is -0.521. The summed E-state index contributed by atoms with van der Waals surface area (Å²) in [5.41, 5.74) is 3.51. The minimum atomic E-state index is -0.374. The molecule has 0 aliphatic rings. The number of rotatable bonds is 5. The van der Waals surface area contributed by atoms with Gasteiger partial charge in [0.15, 0.2) is 5.13 Å². The number of halogens is 2. The Morgan fingerprint density at radius 1 is 1.14 bits per heavy atom. The number of para-hydroxylation sites is 1. The molecule has 4 aromatic rings. The first kappa shape index (κ1) is 20.6. The van der Waals surface area contributed by atoms with E-state index in [4.69, 9.17) is 0 Å². The number of amides is 1. The summed E-state index contributed by atoms with van der Waals surface area (Å²) in [4.78, 5) is 25.5. The highest BCUT2D eigenvalue weighted by molar-refractivity contribution is 7.22. The first-order valence-corrected chi connectivity index (χ1v) is 10.1. The normalized spacial score (nSPS) is 11.1. The highest BCUT2D eigenvalue weighted by Crippen LogP contribution is 2.31. The minimum absolute atomic E-state index is 0. The Hall–Kier alpha value is -2.13. The second-order valence-electron chi connectivity index (χ2n) is 6.38. The minimum Gasteiger partial charge on any atom is -0.308 e. The maximum atomic E-state index is 14.1. The van der Waals surface area contributed by atoms with Gasteiger partial charge in [-0.15, -0.1) is 23.7 Å². The highest BCUT2D eigenvalue weighted by Gasteiger charge is 2.22. The smallest absolute Gasteiger partial charge is 0.260 e. The molecule has 0 bridgehead atoms. The molecule has 0 unspecified atom stereocenters. The van der Waals surface area contributed by atoms with Gasteiger partial charge in [-0.3, -0.25) is 9.69 Å². The van der Waals surface area contributed by atoms with Crippen molar-refractivity contribution in [1.29, 1.82) is 0 Å². The van der Waals surface area contributed by atoms with E-state index in [-0.39, 0.29) is 24.1 Å². The summed E-state index contributed by atoms with van der Waals surface area (Å²) in [6.45, 7) is 1.14. The topological polar surface area (TPSA) is 49.3 Å².